The van der Waals surface area contributed by atoms with E-state index in [1.54, 1.807) is 0 Å². The second-order valence-corrected chi connectivity index (χ2v) is 9.92. The van der Waals surface area contributed by atoms with Gasteiger partial charge in [-0.1, -0.05) is 25.7 Å². The Kier molecular flexibility index (Phi) is 7.92. The van der Waals surface area contributed by atoms with Gasteiger partial charge in [-0.3, -0.25) is 4.79 Å². The van der Waals surface area contributed by atoms with E-state index in [9.17, 15) is 4.79 Å². The van der Waals surface area contributed by atoms with Crippen LogP contribution in [-0.4, -0.2) is 43.5 Å². The van der Waals surface area contributed by atoms with E-state index >= 15 is 0 Å². The van der Waals surface area contributed by atoms with Crippen molar-refractivity contribution in [1.82, 2.24) is 4.90 Å². The molecule has 1 saturated heterocycles. The first-order valence-corrected chi connectivity index (χ1v) is 12.9. The predicted octanol–water partition coefficient (Wildman–Crippen LogP) is 5.91. The van der Waals surface area contributed by atoms with Crippen LogP contribution in [0.1, 0.15) is 87.6 Å². The van der Waals surface area contributed by atoms with Gasteiger partial charge in [-0.2, -0.15) is 0 Å². The second-order valence-electron chi connectivity index (χ2n) is 9.92. The first-order valence-electron chi connectivity index (χ1n) is 12.9. The number of carbonyl (C=O) groups is 1. The van der Waals surface area contributed by atoms with Crippen LogP contribution < -0.4 is 9.47 Å². The molecule has 1 unspecified atom stereocenters. The lowest BCUT2D eigenvalue weighted by Crippen LogP contribution is -2.37. The van der Waals surface area contributed by atoms with Crippen molar-refractivity contribution in [2.45, 2.75) is 78.1 Å². The molecule has 2 fully saturated rings. The highest BCUT2D eigenvalue weighted by Gasteiger charge is 2.34. The quantitative estimate of drug-likeness (QED) is 0.483. The largest absolute Gasteiger partial charge is 0.490 e. The summed E-state index contributed by atoms with van der Waals surface area (Å²) in [5.74, 6) is 3.56. The molecule has 4 heteroatoms. The van der Waals surface area contributed by atoms with Gasteiger partial charge >= 0.3 is 0 Å². The zero-order valence-corrected chi connectivity index (χ0v) is 19.7. The zero-order chi connectivity index (χ0) is 21.6. The average molecular weight is 428 g/mol. The summed E-state index contributed by atoms with van der Waals surface area (Å²) in [4.78, 5) is 15.9. The minimum Gasteiger partial charge on any atom is -0.490 e. The summed E-state index contributed by atoms with van der Waals surface area (Å²) in [6.45, 7) is 8.89. The number of nitrogens with zero attached hydrogens (tertiary/aromatic N) is 1. The third-order valence-corrected chi connectivity index (χ3v) is 7.69. The van der Waals surface area contributed by atoms with Crippen LogP contribution in [-0.2, 0) is 6.42 Å². The van der Waals surface area contributed by atoms with Crippen LogP contribution in [0.3, 0.4) is 0 Å². The van der Waals surface area contributed by atoms with Gasteiger partial charge in [-0.25, -0.2) is 0 Å². The van der Waals surface area contributed by atoms with Crippen LogP contribution in [0.5, 0.6) is 11.5 Å². The molecule has 0 aromatic heterocycles. The molecule has 1 aromatic carbocycles. The molecule has 4 rings (SSSR count). The monoisotopic (exact) mass is 427 g/mol. The Hall–Kier alpha value is -1.55. The first kappa shape index (κ1) is 22.6. The predicted molar refractivity (Wildman–Crippen MR) is 125 cm³/mol. The van der Waals surface area contributed by atoms with Crippen molar-refractivity contribution < 1.29 is 14.3 Å². The van der Waals surface area contributed by atoms with E-state index in [1.807, 2.05) is 19.9 Å². The second kappa shape index (κ2) is 10.8. The van der Waals surface area contributed by atoms with Crippen LogP contribution in [0.25, 0.3) is 0 Å². The molecule has 2 aliphatic carbocycles. The summed E-state index contributed by atoms with van der Waals surface area (Å²) in [6.07, 6.45) is 13.0. The lowest BCUT2D eigenvalue weighted by Gasteiger charge is -2.35. The van der Waals surface area contributed by atoms with E-state index in [0.717, 1.165) is 35.6 Å². The summed E-state index contributed by atoms with van der Waals surface area (Å²) >= 11 is 0. The maximum absolute atomic E-state index is 13.1. The van der Waals surface area contributed by atoms with Crippen molar-refractivity contribution in [3.8, 4) is 11.5 Å². The molecule has 1 heterocycles. The Balaban J connectivity index is 1.30. The van der Waals surface area contributed by atoms with Crippen LogP contribution in [0, 0.1) is 17.8 Å². The van der Waals surface area contributed by atoms with Crippen LogP contribution >= 0.6 is 0 Å². The standard InChI is InChI=1S/C27H41NO3/c1-3-30-25-17-22-16-23(27(29)24(22)18-26(25)31-4-2)15-20-11-13-28(14-12-20)19-21-9-7-5-6-8-10-21/h17-18,20-21,23H,3-16,19H2,1-2H3. The Morgan fingerprint density at radius 2 is 1.52 bits per heavy atom. The number of ether oxygens (including phenoxy) is 2. The van der Waals surface area contributed by atoms with Gasteiger partial charge in [0.25, 0.3) is 0 Å². The number of hydrogen-bond acceptors (Lipinski definition) is 4. The van der Waals surface area contributed by atoms with Crippen LogP contribution in [0.4, 0.5) is 0 Å². The maximum Gasteiger partial charge on any atom is 0.166 e. The molecule has 3 aliphatic rings. The number of Topliss-reactive ketones (excluding diaryl/α,β-unsaturated/α-hetero) is 1. The van der Waals surface area contributed by atoms with Crippen molar-refractivity contribution >= 4 is 5.78 Å². The topological polar surface area (TPSA) is 38.8 Å². The molecular formula is C27H41NO3. The summed E-state index contributed by atoms with van der Waals surface area (Å²) in [5.41, 5.74) is 2.01. The van der Waals surface area contributed by atoms with Crippen molar-refractivity contribution in [3.63, 3.8) is 0 Å². The average Bonchev–Trinajstić information content (AvgIpc) is 2.93. The molecule has 0 amide bonds. The third kappa shape index (κ3) is 5.63. The van der Waals surface area contributed by atoms with Crippen molar-refractivity contribution in [2.24, 2.45) is 17.8 Å². The van der Waals surface area contributed by atoms with Gasteiger partial charge in [0.2, 0.25) is 0 Å². The fourth-order valence-electron chi connectivity index (χ4n) is 6.02. The molecule has 4 nitrogen and oxygen atoms in total. The van der Waals surface area contributed by atoms with Gasteiger partial charge < -0.3 is 14.4 Å². The smallest absolute Gasteiger partial charge is 0.166 e. The minimum atomic E-state index is 0.139. The van der Waals surface area contributed by atoms with Gasteiger partial charge in [-0.15, -0.1) is 0 Å². The number of ketones is 1. The minimum absolute atomic E-state index is 0.139. The molecule has 0 N–H and O–H groups in total. The summed E-state index contributed by atoms with van der Waals surface area (Å²) in [6, 6.07) is 3.98. The van der Waals surface area contributed by atoms with E-state index in [4.69, 9.17) is 9.47 Å². The van der Waals surface area contributed by atoms with E-state index in [2.05, 4.69) is 11.0 Å². The normalized spacial score (nSPS) is 23.5. The van der Waals surface area contributed by atoms with Gasteiger partial charge in [0.15, 0.2) is 17.3 Å². The fourth-order valence-corrected chi connectivity index (χ4v) is 6.02. The Morgan fingerprint density at radius 3 is 2.16 bits per heavy atom. The van der Waals surface area contributed by atoms with Gasteiger partial charge in [0.1, 0.15) is 0 Å². The van der Waals surface area contributed by atoms with Gasteiger partial charge in [0, 0.05) is 18.0 Å². The Labute approximate surface area is 188 Å². The fraction of sp³-hybridized carbons (Fsp3) is 0.741. The molecule has 1 saturated carbocycles. The molecule has 0 radical (unpaired) electrons. The maximum atomic E-state index is 13.1. The number of carbonyl (C=O) groups excluding carboxylic acids is 1. The summed E-state index contributed by atoms with van der Waals surface area (Å²) in [7, 11) is 0. The third-order valence-electron chi connectivity index (χ3n) is 7.69. The molecule has 172 valence electrons. The SMILES string of the molecule is CCOc1cc2c(cc1OCC)C(=O)C(CC1CCN(CC3CCCCCC3)CC1)C2. The first-order chi connectivity index (χ1) is 15.2. The van der Waals surface area contributed by atoms with Crippen LogP contribution in [0.15, 0.2) is 12.1 Å². The lowest BCUT2D eigenvalue weighted by atomic mass is 9.85. The number of rotatable bonds is 8. The number of likely N-dealkylation sites (tertiary alicyclic amines) is 1. The highest BCUT2D eigenvalue weighted by molar-refractivity contribution is 6.02. The van der Waals surface area contributed by atoms with Crippen LogP contribution in [0.2, 0.25) is 0 Å². The molecular weight excluding hydrogens is 386 g/mol. The van der Waals surface area contributed by atoms with Crippen molar-refractivity contribution in [2.75, 3.05) is 32.8 Å². The molecule has 31 heavy (non-hydrogen) atoms. The van der Waals surface area contributed by atoms with Gasteiger partial charge in [-0.05, 0) is 95.0 Å². The highest BCUT2D eigenvalue weighted by Crippen LogP contribution is 2.40. The molecule has 1 aromatic rings. The van der Waals surface area contributed by atoms with Crippen molar-refractivity contribution in [3.05, 3.63) is 23.3 Å². The molecule has 1 atom stereocenters. The van der Waals surface area contributed by atoms with Crippen molar-refractivity contribution in [1.29, 1.82) is 0 Å². The Morgan fingerprint density at radius 1 is 0.871 bits per heavy atom. The Bertz CT molecular complexity index is 730. The molecule has 1 aliphatic heterocycles. The molecule has 0 spiro atoms. The molecule has 0 bridgehead atoms. The lowest BCUT2D eigenvalue weighted by molar-refractivity contribution is 0.0890. The summed E-state index contributed by atoms with van der Waals surface area (Å²) < 4.78 is 11.5. The van der Waals surface area contributed by atoms with E-state index < -0.39 is 0 Å². The van der Waals surface area contributed by atoms with E-state index in [1.165, 1.54) is 71.0 Å². The summed E-state index contributed by atoms with van der Waals surface area (Å²) in [5, 5.41) is 0. The highest BCUT2D eigenvalue weighted by atomic mass is 16.5. The van der Waals surface area contributed by atoms with E-state index in [-0.39, 0.29) is 5.92 Å². The number of fused-ring (bicyclic) bond motifs is 1. The number of benzene rings is 1. The van der Waals surface area contributed by atoms with Gasteiger partial charge in [0.05, 0.1) is 13.2 Å². The van der Waals surface area contributed by atoms with E-state index in [0.29, 0.717) is 30.7 Å². The number of hydrogen-bond donors (Lipinski definition) is 0. The zero-order valence-electron chi connectivity index (χ0n) is 19.7. The number of piperidine rings is 1.